The van der Waals surface area contributed by atoms with Gasteiger partial charge in [-0.05, 0) is 54.0 Å². The molecule has 2 aromatic carbocycles. The molecule has 1 aliphatic rings. The van der Waals surface area contributed by atoms with Gasteiger partial charge in [0.2, 0.25) is 0 Å². The Morgan fingerprint density at radius 1 is 0.741 bits per heavy atom. The standard InChI is InChI=1S/C23H22F2N2/c1-15-2-4-16(5-3-15)17-6-8-18(9-7-17)20-13-26-23(27-14-20)19-10-11-21(24)22(25)12-19/h6-16H,2-5H2,1H3. The molecule has 0 N–H and O–H groups in total. The molecule has 0 spiro atoms. The zero-order valence-corrected chi connectivity index (χ0v) is 15.3. The summed E-state index contributed by atoms with van der Waals surface area (Å²) in [5.74, 6) is 0.134. The number of hydrogen-bond acceptors (Lipinski definition) is 2. The monoisotopic (exact) mass is 364 g/mol. The summed E-state index contributed by atoms with van der Waals surface area (Å²) in [7, 11) is 0. The highest BCUT2D eigenvalue weighted by Crippen LogP contribution is 2.36. The van der Waals surface area contributed by atoms with Gasteiger partial charge in [-0.25, -0.2) is 18.7 Å². The fraction of sp³-hybridized carbons (Fsp3) is 0.304. The first-order valence-electron chi connectivity index (χ1n) is 9.48. The Balaban J connectivity index is 1.51. The van der Waals surface area contributed by atoms with Crippen molar-refractivity contribution in [2.75, 3.05) is 0 Å². The first-order chi connectivity index (χ1) is 13.1. The van der Waals surface area contributed by atoms with Gasteiger partial charge in [-0.1, -0.05) is 44.0 Å². The molecule has 1 fully saturated rings. The van der Waals surface area contributed by atoms with Crippen molar-refractivity contribution in [3.05, 3.63) is 72.1 Å². The van der Waals surface area contributed by atoms with Gasteiger partial charge in [-0.3, -0.25) is 0 Å². The molecule has 0 aliphatic heterocycles. The second-order valence-corrected chi connectivity index (χ2v) is 7.50. The van der Waals surface area contributed by atoms with E-state index in [0.717, 1.165) is 29.2 Å². The first kappa shape index (κ1) is 17.8. The number of benzene rings is 2. The van der Waals surface area contributed by atoms with E-state index < -0.39 is 11.6 Å². The maximum atomic E-state index is 13.4. The van der Waals surface area contributed by atoms with E-state index in [1.54, 1.807) is 12.4 Å². The van der Waals surface area contributed by atoms with Crippen LogP contribution in [0.25, 0.3) is 22.5 Å². The van der Waals surface area contributed by atoms with Crippen LogP contribution in [0, 0.1) is 17.6 Å². The maximum absolute atomic E-state index is 13.4. The second kappa shape index (κ2) is 7.55. The van der Waals surface area contributed by atoms with Crippen molar-refractivity contribution < 1.29 is 8.78 Å². The minimum atomic E-state index is -0.895. The van der Waals surface area contributed by atoms with E-state index >= 15 is 0 Å². The SMILES string of the molecule is CC1CCC(c2ccc(-c3cnc(-c4ccc(F)c(F)c4)nc3)cc2)CC1. The van der Waals surface area contributed by atoms with Crippen LogP contribution >= 0.6 is 0 Å². The molecule has 0 amide bonds. The van der Waals surface area contributed by atoms with Gasteiger partial charge in [0.1, 0.15) is 0 Å². The molecule has 138 valence electrons. The third-order valence-corrected chi connectivity index (χ3v) is 5.56. The largest absolute Gasteiger partial charge is 0.236 e. The van der Waals surface area contributed by atoms with Gasteiger partial charge in [-0.15, -0.1) is 0 Å². The Morgan fingerprint density at radius 2 is 1.37 bits per heavy atom. The fourth-order valence-electron chi connectivity index (χ4n) is 3.80. The highest BCUT2D eigenvalue weighted by atomic mass is 19.2. The van der Waals surface area contributed by atoms with E-state index in [1.807, 2.05) is 0 Å². The van der Waals surface area contributed by atoms with Gasteiger partial charge in [0.05, 0.1) is 0 Å². The van der Waals surface area contributed by atoms with E-state index in [2.05, 4.69) is 41.2 Å². The summed E-state index contributed by atoms with van der Waals surface area (Å²) < 4.78 is 26.5. The molecule has 2 nitrogen and oxygen atoms in total. The van der Waals surface area contributed by atoms with Gasteiger partial charge in [0.25, 0.3) is 0 Å². The van der Waals surface area contributed by atoms with E-state index in [9.17, 15) is 8.78 Å². The minimum Gasteiger partial charge on any atom is -0.236 e. The Kier molecular flexibility index (Phi) is 4.97. The molecular formula is C23H22F2N2. The van der Waals surface area contributed by atoms with Crippen molar-refractivity contribution in [3.63, 3.8) is 0 Å². The van der Waals surface area contributed by atoms with Crippen molar-refractivity contribution in [1.29, 1.82) is 0 Å². The van der Waals surface area contributed by atoms with Gasteiger partial charge in [0, 0.05) is 23.5 Å². The van der Waals surface area contributed by atoms with Crippen LogP contribution in [0.1, 0.15) is 44.1 Å². The predicted molar refractivity (Wildman–Crippen MR) is 103 cm³/mol. The summed E-state index contributed by atoms with van der Waals surface area (Å²) in [6.07, 6.45) is 8.61. The average Bonchev–Trinajstić information content (AvgIpc) is 2.71. The lowest BCUT2D eigenvalue weighted by Crippen LogP contribution is -2.10. The minimum absolute atomic E-state index is 0.380. The molecule has 0 saturated heterocycles. The normalized spacial score (nSPS) is 19.8. The van der Waals surface area contributed by atoms with Gasteiger partial charge < -0.3 is 0 Å². The van der Waals surface area contributed by atoms with E-state index in [1.165, 1.54) is 37.3 Å². The predicted octanol–water partition coefficient (Wildman–Crippen LogP) is 6.38. The number of rotatable bonds is 3. The van der Waals surface area contributed by atoms with Crippen LogP contribution in [0.15, 0.2) is 54.9 Å². The molecule has 1 aromatic heterocycles. The third-order valence-electron chi connectivity index (χ3n) is 5.56. The molecule has 0 unspecified atom stereocenters. The topological polar surface area (TPSA) is 25.8 Å². The Bertz CT molecular complexity index is 912. The summed E-state index contributed by atoms with van der Waals surface area (Å²) in [4.78, 5) is 8.63. The van der Waals surface area contributed by atoms with Gasteiger partial charge in [0.15, 0.2) is 17.5 Å². The Hall–Kier alpha value is -2.62. The highest BCUT2D eigenvalue weighted by molar-refractivity contribution is 5.64. The lowest BCUT2D eigenvalue weighted by Gasteiger charge is -2.26. The van der Waals surface area contributed by atoms with Crippen molar-refractivity contribution in [3.8, 4) is 22.5 Å². The third kappa shape index (κ3) is 3.90. The van der Waals surface area contributed by atoms with E-state index in [0.29, 0.717) is 17.3 Å². The first-order valence-corrected chi connectivity index (χ1v) is 9.48. The molecule has 1 aliphatic carbocycles. The summed E-state index contributed by atoms with van der Waals surface area (Å²) in [6, 6.07) is 12.3. The van der Waals surface area contributed by atoms with Crippen LogP contribution in [-0.4, -0.2) is 9.97 Å². The number of aromatic nitrogens is 2. The Labute approximate surface area is 158 Å². The van der Waals surface area contributed by atoms with Gasteiger partial charge >= 0.3 is 0 Å². The van der Waals surface area contributed by atoms with Crippen LogP contribution in [0.4, 0.5) is 8.78 Å². The summed E-state index contributed by atoms with van der Waals surface area (Å²) in [5.41, 5.74) is 3.83. The van der Waals surface area contributed by atoms with E-state index in [4.69, 9.17) is 0 Å². The summed E-state index contributed by atoms with van der Waals surface area (Å²) in [5, 5.41) is 0. The zero-order chi connectivity index (χ0) is 18.8. The lowest BCUT2D eigenvalue weighted by atomic mass is 9.79. The van der Waals surface area contributed by atoms with E-state index in [-0.39, 0.29) is 0 Å². The molecule has 0 bridgehead atoms. The number of hydrogen-bond donors (Lipinski definition) is 0. The van der Waals surface area contributed by atoms with Crippen LogP contribution in [0.5, 0.6) is 0 Å². The molecule has 4 rings (SSSR count). The molecular weight excluding hydrogens is 342 g/mol. The second-order valence-electron chi connectivity index (χ2n) is 7.50. The molecule has 1 saturated carbocycles. The summed E-state index contributed by atoms with van der Waals surface area (Å²) in [6.45, 7) is 2.34. The van der Waals surface area contributed by atoms with Crippen molar-refractivity contribution in [2.24, 2.45) is 5.92 Å². The van der Waals surface area contributed by atoms with Crippen LogP contribution < -0.4 is 0 Å². The molecule has 4 heteroatoms. The van der Waals surface area contributed by atoms with Gasteiger partial charge in [-0.2, -0.15) is 0 Å². The van der Waals surface area contributed by atoms with Crippen molar-refractivity contribution in [2.45, 2.75) is 38.5 Å². The molecule has 1 heterocycles. The smallest absolute Gasteiger partial charge is 0.159 e. The molecule has 0 atom stereocenters. The Morgan fingerprint density at radius 3 is 2.00 bits per heavy atom. The van der Waals surface area contributed by atoms with Crippen LogP contribution in [-0.2, 0) is 0 Å². The highest BCUT2D eigenvalue weighted by Gasteiger charge is 2.19. The van der Waals surface area contributed by atoms with Crippen LogP contribution in [0.3, 0.4) is 0 Å². The molecule has 27 heavy (non-hydrogen) atoms. The van der Waals surface area contributed by atoms with Crippen molar-refractivity contribution >= 4 is 0 Å². The van der Waals surface area contributed by atoms with Crippen molar-refractivity contribution in [1.82, 2.24) is 9.97 Å². The zero-order valence-electron chi connectivity index (χ0n) is 15.3. The molecule has 0 radical (unpaired) electrons. The summed E-state index contributed by atoms with van der Waals surface area (Å²) >= 11 is 0. The number of nitrogens with zero attached hydrogens (tertiary/aromatic N) is 2. The average molecular weight is 364 g/mol. The lowest BCUT2D eigenvalue weighted by molar-refractivity contribution is 0.348. The maximum Gasteiger partial charge on any atom is 0.159 e. The number of halogens is 2. The van der Waals surface area contributed by atoms with Crippen LogP contribution in [0.2, 0.25) is 0 Å². The fourth-order valence-corrected chi connectivity index (χ4v) is 3.80. The molecule has 3 aromatic rings. The quantitative estimate of drug-likeness (QED) is 0.539.